The fraction of sp³-hybridized carbons (Fsp3) is 0.310. The fourth-order valence-corrected chi connectivity index (χ4v) is 7.39. The highest BCUT2D eigenvalue weighted by Crippen LogP contribution is 2.53. The number of aromatic hydroxyl groups is 1. The van der Waals surface area contributed by atoms with E-state index in [-0.39, 0.29) is 30.3 Å². The number of hydrogen-bond donors (Lipinski definition) is 2. The molecule has 0 saturated heterocycles. The molecule has 286 valence electrons. The lowest BCUT2D eigenvalue weighted by atomic mass is 9.80. The summed E-state index contributed by atoms with van der Waals surface area (Å²) in [6, 6.07) is 13.9. The molecule has 0 spiro atoms. The van der Waals surface area contributed by atoms with Crippen LogP contribution in [-0.2, 0) is 0 Å². The van der Waals surface area contributed by atoms with Crippen LogP contribution in [0.1, 0.15) is 52.4 Å². The van der Waals surface area contributed by atoms with Gasteiger partial charge in [-0.25, -0.2) is 0 Å². The molecule has 9 rings (SSSR count). The first-order chi connectivity index (χ1) is 26.4. The lowest BCUT2D eigenvalue weighted by Crippen LogP contribution is -2.47. The fourth-order valence-electron chi connectivity index (χ4n) is 7.39. The molecule has 3 unspecified atom stereocenters. The highest BCUT2D eigenvalue weighted by Gasteiger charge is 2.47. The highest BCUT2D eigenvalue weighted by atomic mass is 16.7. The van der Waals surface area contributed by atoms with Gasteiger partial charge in [0.05, 0.1) is 47.0 Å². The summed E-state index contributed by atoms with van der Waals surface area (Å²) >= 11 is 0. The average Bonchev–Trinajstić information content (AvgIpc) is 3.18. The predicted octanol–water partition coefficient (Wildman–Crippen LogP) is 6.44. The normalized spacial score (nSPS) is 21.3. The molecule has 0 saturated carbocycles. The minimum absolute atomic E-state index is 0.0298. The topological polar surface area (TPSA) is 150 Å². The van der Waals surface area contributed by atoms with Crippen molar-refractivity contribution in [2.75, 3.05) is 48.8 Å². The van der Waals surface area contributed by atoms with Crippen molar-refractivity contribution in [1.82, 2.24) is 0 Å². The van der Waals surface area contributed by atoms with Crippen molar-refractivity contribution in [1.29, 1.82) is 0 Å². The molecule has 0 amide bonds. The molecule has 0 radical (unpaired) electrons. The smallest absolute Gasteiger partial charge is 0.270 e. The molecule has 55 heavy (non-hydrogen) atoms. The van der Waals surface area contributed by atoms with Gasteiger partial charge in [-0.1, -0.05) is 0 Å². The van der Waals surface area contributed by atoms with Gasteiger partial charge >= 0.3 is 0 Å². The van der Waals surface area contributed by atoms with Crippen molar-refractivity contribution in [3.05, 3.63) is 82.4 Å². The van der Waals surface area contributed by atoms with Crippen LogP contribution in [-0.4, -0.2) is 82.3 Å². The molecule has 3 atom stereocenters. The number of ketones is 1. The number of methoxy groups -OCH3 is 5. The van der Waals surface area contributed by atoms with Gasteiger partial charge in [-0.05, 0) is 56.3 Å². The van der Waals surface area contributed by atoms with Crippen LogP contribution in [0, 0.1) is 0 Å². The van der Waals surface area contributed by atoms with Crippen LogP contribution in [0.2, 0.25) is 0 Å². The van der Waals surface area contributed by atoms with Crippen molar-refractivity contribution in [3.63, 3.8) is 0 Å². The third-order valence-electron chi connectivity index (χ3n) is 10.1. The highest BCUT2D eigenvalue weighted by molar-refractivity contribution is 6.08. The van der Waals surface area contributed by atoms with E-state index in [0.717, 1.165) is 5.56 Å². The summed E-state index contributed by atoms with van der Waals surface area (Å²) in [6.45, 7) is 3.99. The summed E-state index contributed by atoms with van der Waals surface area (Å²) in [6.07, 6.45) is 5.13. The third-order valence-corrected chi connectivity index (χ3v) is 10.1. The van der Waals surface area contributed by atoms with Gasteiger partial charge in [-0.15, -0.1) is 0 Å². The van der Waals surface area contributed by atoms with E-state index in [1.54, 1.807) is 58.8 Å². The molecule has 0 aliphatic carbocycles. The molecule has 13 heteroatoms. The molecule has 5 aliphatic heterocycles. The van der Waals surface area contributed by atoms with Crippen LogP contribution in [0.3, 0.4) is 0 Å². The van der Waals surface area contributed by atoms with Gasteiger partial charge in [0, 0.05) is 46.5 Å². The molecule has 2 N–H and O–H groups in total. The number of hydrogen-bond acceptors (Lipinski definition) is 13. The van der Waals surface area contributed by atoms with Gasteiger partial charge in [-0.3, -0.25) is 4.79 Å². The summed E-state index contributed by atoms with van der Waals surface area (Å²) in [4.78, 5) is 13.6. The number of ether oxygens (including phenoxy) is 10. The minimum Gasteiger partial charge on any atom is -0.507 e. The average molecular weight is 753 g/mol. The third kappa shape index (κ3) is 5.95. The standard InChI is InChI=1S/C23H22O7.C19H18O6/c1-23(2)6-5-11-15(30-23)8-13(24)20-21(25)19-12-7-16(26-3)17(27-4)9-14(12)28-10-18(19)29-22(11)20;1-21-12-5-4-11-6-14-13-8-17(22-2)18(23-3)9-16(13)24-10-19(14,20)25-15(11)7-12/h5-9,18-19,24H,10H2,1-4H3;4-9,20H,10H2,1-3H3. The summed E-state index contributed by atoms with van der Waals surface area (Å²) in [5.74, 6) is 2.68. The van der Waals surface area contributed by atoms with Gasteiger partial charge in [0.15, 0.2) is 35.4 Å². The van der Waals surface area contributed by atoms with Crippen LogP contribution >= 0.6 is 0 Å². The monoisotopic (exact) mass is 752 g/mol. The van der Waals surface area contributed by atoms with Gasteiger partial charge in [0.2, 0.25) is 0 Å². The van der Waals surface area contributed by atoms with Crippen molar-refractivity contribution in [3.8, 4) is 63.2 Å². The molecule has 0 aromatic heterocycles. The summed E-state index contributed by atoms with van der Waals surface area (Å²) in [5.41, 5.74) is 3.10. The van der Waals surface area contributed by atoms with E-state index >= 15 is 0 Å². The Hall–Kier alpha value is -6.21. The number of carbonyl (C=O) groups excluding carboxylic acids is 1. The van der Waals surface area contributed by atoms with Gasteiger partial charge < -0.3 is 57.6 Å². The molecular weight excluding hydrogens is 712 g/mol. The van der Waals surface area contributed by atoms with E-state index in [0.29, 0.717) is 79.8 Å². The lowest BCUT2D eigenvalue weighted by Gasteiger charge is -2.39. The molecule has 0 fully saturated rings. The summed E-state index contributed by atoms with van der Waals surface area (Å²) in [5, 5.41) is 21.7. The van der Waals surface area contributed by atoms with Crippen molar-refractivity contribution in [2.45, 2.75) is 37.3 Å². The number of benzene rings is 4. The molecular formula is C42H40O13. The van der Waals surface area contributed by atoms with Crippen molar-refractivity contribution >= 4 is 23.5 Å². The van der Waals surface area contributed by atoms with E-state index < -0.39 is 23.4 Å². The predicted molar refractivity (Wildman–Crippen MR) is 200 cm³/mol. The van der Waals surface area contributed by atoms with Crippen LogP contribution in [0.25, 0.3) is 17.7 Å². The summed E-state index contributed by atoms with van der Waals surface area (Å²) in [7, 11) is 7.79. The lowest BCUT2D eigenvalue weighted by molar-refractivity contribution is -0.116. The van der Waals surface area contributed by atoms with E-state index in [9.17, 15) is 15.0 Å². The van der Waals surface area contributed by atoms with E-state index in [1.807, 2.05) is 44.2 Å². The molecule has 5 heterocycles. The maximum absolute atomic E-state index is 13.6. The van der Waals surface area contributed by atoms with E-state index in [2.05, 4.69) is 0 Å². The zero-order valence-corrected chi connectivity index (χ0v) is 31.3. The van der Waals surface area contributed by atoms with Crippen molar-refractivity contribution in [2.24, 2.45) is 0 Å². The molecule has 13 nitrogen and oxygen atoms in total. The van der Waals surface area contributed by atoms with Gasteiger partial charge in [-0.2, -0.15) is 0 Å². The Kier molecular flexibility index (Phi) is 8.64. The number of rotatable bonds is 5. The Morgan fingerprint density at radius 1 is 0.764 bits per heavy atom. The van der Waals surface area contributed by atoms with E-state index in [1.165, 1.54) is 13.2 Å². The minimum atomic E-state index is -1.58. The van der Waals surface area contributed by atoms with Crippen LogP contribution in [0.5, 0.6) is 63.2 Å². The van der Waals surface area contributed by atoms with Gasteiger partial charge in [0.25, 0.3) is 5.79 Å². The SMILES string of the molecule is COc1cc2c(cc1OC)C1C(=O)c3c(O)cc4c(c3OC1CO2)C=CC(C)(C)O4.COc1ccc2c(c1)OC1(O)COc3cc(OC)c(OC)cc3C1=C2. The quantitative estimate of drug-likeness (QED) is 0.231. The number of aliphatic hydroxyl groups is 1. The molecule has 5 aliphatic rings. The Morgan fingerprint density at radius 3 is 2.16 bits per heavy atom. The number of fused-ring (bicyclic) bond motifs is 10. The molecule has 0 bridgehead atoms. The number of carbonyl (C=O) groups is 1. The Bertz CT molecular complexity index is 2290. The zero-order valence-electron chi connectivity index (χ0n) is 31.3. The second-order valence-corrected chi connectivity index (χ2v) is 13.9. The first-order valence-corrected chi connectivity index (χ1v) is 17.5. The second-order valence-electron chi connectivity index (χ2n) is 13.9. The largest absolute Gasteiger partial charge is 0.507 e. The second kappa shape index (κ2) is 13.3. The summed E-state index contributed by atoms with van der Waals surface area (Å²) < 4.78 is 56.3. The van der Waals surface area contributed by atoms with Crippen LogP contribution in [0.4, 0.5) is 0 Å². The molecule has 4 aromatic carbocycles. The van der Waals surface area contributed by atoms with E-state index in [4.69, 9.17) is 47.4 Å². The van der Waals surface area contributed by atoms with Crippen LogP contribution in [0.15, 0.2) is 54.6 Å². The molecule has 4 aromatic rings. The van der Waals surface area contributed by atoms with Crippen molar-refractivity contribution < 1.29 is 62.4 Å². The number of phenols is 1. The van der Waals surface area contributed by atoms with Gasteiger partial charge in [0.1, 0.15) is 64.1 Å². The maximum Gasteiger partial charge on any atom is 0.270 e. The zero-order chi connectivity index (χ0) is 38.8. The number of phenolic OH excluding ortho intramolecular Hbond substituents is 1. The Morgan fingerprint density at radius 2 is 1.45 bits per heavy atom. The number of Topliss-reactive ketones (excluding diaryl/α,β-unsaturated/α-hetero) is 1. The Labute approximate surface area is 317 Å². The first kappa shape index (κ1) is 35.8. The maximum atomic E-state index is 13.6. The Balaban J connectivity index is 0.000000158. The van der Waals surface area contributed by atoms with Crippen LogP contribution < -0.4 is 47.4 Å². The first-order valence-electron chi connectivity index (χ1n) is 17.5.